The number of carbonyl (C=O) groups excluding carboxylic acids is 1. The molecule has 0 atom stereocenters. The van der Waals surface area contributed by atoms with Crippen molar-refractivity contribution in [2.45, 2.75) is 12.9 Å². The second-order valence-corrected chi connectivity index (χ2v) is 6.87. The Kier molecular flexibility index (Phi) is 5.88. The largest absolute Gasteiger partial charge is 0.573 e. The first kappa shape index (κ1) is 20.4. The van der Waals surface area contributed by atoms with Gasteiger partial charge in [-0.25, -0.2) is 4.79 Å². The van der Waals surface area contributed by atoms with E-state index < -0.39 is 12.3 Å². The number of hydrogen-bond acceptors (Lipinski definition) is 4. The van der Waals surface area contributed by atoms with Crippen molar-refractivity contribution in [1.82, 2.24) is 5.32 Å². The highest BCUT2D eigenvalue weighted by atomic mass is 32.1. The van der Waals surface area contributed by atoms with Gasteiger partial charge in [0.05, 0.1) is 10.4 Å². The molecule has 1 heterocycles. The Morgan fingerprint density at radius 2 is 1.66 bits per heavy atom. The van der Waals surface area contributed by atoms with Gasteiger partial charge in [0.1, 0.15) is 5.75 Å². The number of alkyl halides is 3. The van der Waals surface area contributed by atoms with Crippen LogP contribution in [0.2, 0.25) is 0 Å². The third-order valence-electron chi connectivity index (χ3n) is 3.90. The molecule has 1 amide bonds. The molecule has 0 radical (unpaired) electrons. The molecule has 0 saturated carbocycles. The Morgan fingerprint density at radius 1 is 1.00 bits per heavy atom. The Balaban J connectivity index is 1.61. The minimum Gasteiger partial charge on any atom is -0.478 e. The number of benzene rings is 2. The number of rotatable bonds is 6. The lowest BCUT2D eigenvalue weighted by molar-refractivity contribution is -0.274. The molecule has 2 aromatic carbocycles. The van der Waals surface area contributed by atoms with E-state index in [-0.39, 0.29) is 23.8 Å². The average Bonchev–Trinajstić information content (AvgIpc) is 3.16. The normalized spacial score (nSPS) is 11.1. The summed E-state index contributed by atoms with van der Waals surface area (Å²) in [6.07, 6.45) is -4.75. The minimum atomic E-state index is -4.75. The second kappa shape index (κ2) is 8.36. The fraction of sp³-hybridized carbons (Fsp3) is 0.100. The van der Waals surface area contributed by atoms with Crippen LogP contribution in [0.1, 0.15) is 25.6 Å². The zero-order valence-corrected chi connectivity index (χ0v) is 15.5. The number of thiophene rings is 1. The Hall–Kier alpha value is -3.33. The molecule has 2 N–H and O–H groups in total. The zero-order chi connectivity index (χ0) is 21.0. The monoisotopic (exact) mass is 421 g/mol. The molecule has 0 unspecified atom stereocenters. The quantitative estimate of drug-likeness (QED) is 0.591. The molecule has 0 spiro atoms. The van der Waals surface area contributed by atoms with Gasteiger partial charge in [0.15, 0.2) is 0 Å². The van der Waals surface area contributed by atoms with Gasteiger partial charge in [-0.1, -0.05) is 24.3 Å². The van der Waals surface area contributed by atoms with Crippen LogP contribution in [0.15, 0.2) is 60.0 Å². The fourth-order valence-corrected chi connectivity index (χ4v) is 3.32. The summed E-state index contributed by atoms with van der Waals surface area (Å²) in [6, 6.07) is 13.2. The van der Waals surface area contributed by atoms with E-state index in [9.17, 15) is 22.8 Å². The molecule has 150 valence electrons. The highest BCUT2D eigenvalue weighted by Crippen LogP contribution is 2.29. The van der Waals surface area contributed by atoms with Gasteiger partial charge in [0, 0.05) is 6.54 Å². The van der Waals surface area contributed by atoms with Crippen molar-refractivity contribution in [3.05, 3.63) is 76.0 Å². The van der Waals surface area contributed by atoms with Gasteiger partial charge in [-0.3, -0.25) is 4.79 Å². The molecule has 29 heavy (non-hydrogen) atoms. The van der Waals surface area contributed by atoms with E-state index in [1.165, 1.54) is 47.7 Å². The van der Waals surface area contributed by atoms with E-state index >= 15 is 0 Å². The smallest absolute Gasteiger partial charge is 0.478 e. The van der Waals surface area contributed by atoms with Crippen molar-refractivity contribution >= 4 is 23.2 Å². The second-order valence-electron chi connectivity index (χ2n) is 5.96. The summed E-state index contributed by atoms with van der Waals surface area (Å²) >= 11 is 1.21. The van der Waals surface area contributed by atoms with Crippen molar-refractivity contribution in [3.63, 3.8) is 0 Å². The van der Waals surface area contributed by atoms with Crippen LogP contribution in [0.25, 0.3) is 11.1 Å². The number of ether oxygens (including phenoxy) is 1. The number of carboxylic acid groups (broad SMARTS) is 1. The molecule has 0 aliphatic heterocycles. The number of amides is 1. The van der Waals surface area contributed by atoms with E-state index in [0.29, 0.717) is 16.0 Å². The average molecular weight is 421 g/mol. The molecule has 5 nitrogen and oxygen atoms in total. The summed E-state index contributed by atoms with van der Waals surface area (Å²) in [5.74, 6) is -1.64. The first-order chi connectivity index (χ1) is 13.7. The van der Waals surface area contributed by atoms with Crippen LogP contribution in [-0.4, -0.2) is 23.3 Å². The summed E-state index contributed by atoms with van der Waals surface area (Å²) in [6.45, 7) is 0.232. The van der Waals surface area contributed by atoms with Crippen molar-refractivity contribution < 1.29 is 32.6 Å². The predicted octanol–water partition coefficient (Wildman–Crippen LogP) is 4.94. The van der Waals surface area contributed by atoms with E-state index in [4.69, 9.17) is 5.11 Å². The SMILES string of the molecule is O=C(O)c1ccc(CNC(=O)c2cc(-c3ccc(OC(F)(F)F)cc3)cs2)cc1. The van der Waals surface area contributed by atoms with E-state index in [1.807, 2.05) is 0 Å². The van der Waals surface area contributed by atoms with Crippen LogP contribution in [0, 0.1) is 0 Å². The standard InChI is InChI=1S/C20H14F3NO4S/c21-20(22,23)28-16-7-5-13(6-8-16)15-9-17(29-11-15)18(25)24-10-12-1-3-14(4-2-12)19(26)27/h1-9,11H,10H2,(H,24,25)(H,26,27). The number of halogens is 3. The zero-order valence-electron chi connectivity index (χ0n) is 14.7. The topological polar surface area (TPSA) is 75.6 Å². The van der Waals surface area contributed by atoms with Crippen LogP contribution >= 0.6 is 11.3 Å². The van der Waals surface area contributed by atoms with Gasteiger partial charge in [-0.05, 0) is 52.4 Å². The van der Waals surface area contributed by atoms with Crippen LogP contribution in [0.5, 0.6) is 5.75 Å². The van der Waals surface area contributed by atoms with Gasteiger partial charge in [0.25, 0.3) is 5.91 Å². The molecule has 0 aliphatic carbocycles. The van der Waals surface area contributed by atoms with Crippen molar-refractivity contribution in [2.24, 2.45) is 0 Å². The predicted molar refractivity (Wildman–Crippen MR) is 101 cm³/mol. The molecule has 9 heteroatoms. The molecule has 1 aromatic heterocycles. The molecule has 0 bridgehead atoms. The van der Waals surface area contributed by atoms with Crippen molar-refractivity contribution in [2.75, 3.05) is 0 Å². The van der Waals surface area contributed by atoms with Gasteiger partial charge in [-0.2, -0.15) is 0 Å². The highest BCUT2D eigenvalue weighted by Gasteiger charge is 2.31. The van der Waals surface area contributed by atoms with Gasteiger partial charge >= 0.3 is 12.3 Å². The maximum absolute atomic E-state index is 12.3. The molecule has 3 rings (SSSR count). The Labute approximate surface area is 167 Å². The maximum atomic E-state index is 12.3. The number of carbonyl (C=O) groups is 2. The van der Waals surface area contributed by atoms with E-state index in [2.05, 4.69) is 10.1 Å². The first-order valence-corrected chi connectivity index (χ1v) is 9.14. The summed E-state index contributed by atoms with van der Waals surface area (Å²) in [5.41, 5.74) is 2.26. The summed E-state index contributed by atoms with van der Waals surface area (Å²) < 4.78 is 40.5. The highest BCUT2D eigenvalue weighted by molar-refractivity contribution is 7.12. The first-order valence-electron chi connectivity index (χ1n) is 8.26. The molecular weight excluding hydrogens is 407 g/mol. The number of hydrogen-bond donors (Lipinski definition) is 2. The lowest BCUT2D eigenvalue weighted by Gasteiger charge is -2.08. The van der Waals surface area contributed by atoms with Gasteiger partial charge in [0.2, 0.25) is 0 Å². The number of carboxylic acids is 1. The summed E-state index contributed by atoms with van der Waals surface area (Å²) in [5, 5.41) is 13.4. The molecular formula is C20H14F3NO4S. The van der Waals surface area contributed by atoms with Gasteiger partial charge < -0.3 is 15.2 Å². The van der Waals surface area contributed by atoms with Crippen molar-refractivity contribution in [1.29, 1.82) is 0 Å². The fourth-order valence-electron chi connectivity index (χ4n) is 2.49. The lowest BCUT2D eigenvalue weighted by atomic mass is 10.1. The Morgan fingerprint density at radius 3 is 2.24 bits per heavy atom. The third kappa shape index (κ3) is 5.58. The van der Waals surface area contributed by atoms with Gasteiger partial charge in [-0.15, -0.1) is 24.5 Å². The molecule has 0 fully saturated rings. The van der Waals surface area contributed by atoms with Crippen LogP contribution in [-0.2, 0) is 6.54 Å². The van der Waals surface area contributed by atoms with Crippen molar-refractivity contribution in [3.8, 4) is 16.9 Å². The van der Waals surface area contributed by atoms with E-state index in [1.54, 1.807) is 23.6 Å². The molecule has 0 aliphatic rings. The number of nitrogens with one attached hydrogen (secondary N) is 1. The van der Waals surface area contributed by atoms with Crippen LogP contribution in [0.3, 0.4) is 0 Å². The molecule has 3 aromatic rings. The minimum absolute atomic E-state index is 0.162. The summed E-state index contributed by atoms with van der Waals surface area (Å²) in [7, 11) is 0. The Bertz CT molecular complexity index is 1010. The number of aromatic carboxylic acids is 1. The third-order valence-corrected chi connectivity index (χ3v) is 4.83. The summed E-state index contributed by atoms with van der Waals surface area (Å²) in [4.78, 5) is 23.6. The maximum Gasteiger partial charge on any atom is 0.573 e. The van der Waals surface area contributed by atoms with E-state index in [0.717, 1.165) is 5.56 Å². The lowest BCUT2D eigenvalue weighted by Crippen LogP contribution is -2.21. The van der Waals surface area contributed by atoms with Crippen LogP contribution in [0.4, 0.5) is 13.2 Å². The molecule has 0 saturated heterocycles. The van der Waals surface area contributed by atoms with Crippen LogP contribution < -0.4 is 10.1 Å².